The van der Waals surface area contributed by atoms with Crippen molar-refractivity contribution in [1.82, 2.24) is 0 Å². The fourth-order valence-electron chi connectivity index (χ4n) is 2.56. The third-order valence-corrected chi connectivity index (χ3v) is 5.02. The number of ether oxygens (including phenoxy) is 1. The van der Waals surface area contributed by atoms with Crippen LogP contribution in [0.2, 0.25) is 0 Å². The average molecular weight is 374 g/mol. The lowest BCUT2D eigenvalue weighted by atomic mass is 10.1. The molecule has 0 aromatic heterocycles. The molecule has 0 fully saturated rings. The normalized spacial score (nSPS) is 11.4. The van der Waals surface area contributed by atoms with Crippen molar-refractivity contribution in [3.63, 3.8) is 0 Å². The summed E-state index contributed by atoms with van der Waals surface area (Å²) in [5.41, 5.74) is 0. The molecule has 0 aliphatic heterocycles. The molecule has 3 aromatic carbocycles. The first-order chi connectivity index (χ1) is 12.6. The zero-order chi connectivity index (χ0) is 18.4. The minimum atomic E-state index is -3.75. The quantitative estimate of drug-likeness (QED) is 0.407. The maximum atomic E-state index is 12.1. The van der Waals surface area contributed by atoms with E-state index in [1.807, 2.05) is 42.5 Å². The van der Waals surface area contributed by atoms with Crippen LogP contribution in [0.5, 0.6) is 17.2 Å². The van der Waals surface area contributed by atoms with Crippen LogP contribution in [0.4, 0.5) is 4.39 Å². The summed E-state index contributed by atoms with van der Waals surface area (Å²) in [6, 6.07) is 20.0. The molecule has 0 saturated heterocycles. The fraction of sp³-hybridized carbons (Fsp3) is 0.200. The molecule has 6 heteroatoms. The summed E-state index contributed by atoms with van der Waals surface area (Å²) in [7, 11) is -3.75. The first-order valence-corrected chi connectivity index (χ1v) is 9.89. The van der Waals surface area contributed by atoms with Crippen LogP contribution in [0.15, 0.2) is 66.7 Å². The van der Waals surface area contributed by atoms with Gasteiger partial charge >= 0.3 is 10.1 Å². The highest BCUT2D eigenvalue weighted by atomic mass is 32.2. The molecule has 0 aliphatic carbocycles. The molecule has 3 aromatic rings. The minimum Gasteiger partial charge on any atom is -0.457 e. The Morgan fingerprint density at radius 1 is 0.846 bits per heavy atom. The maximum absolute atomic E-state index is 12.1. The summed E-state index contributed by atoms with van der Waals surface area (Å²) in [6.45, 7) is -0.538. The molecule has 0 radical (unpaired) electrons. The van der Waals surface area contributed by atoms with E-state index in [4.69, 9.17) is 8.92 Å². The van der Waals surface area contributed by atoms with Gasteiger partial charge in [-0.3, -0.25) is 4.39 Å². The molecule has 26 heavy (non-hydrogen) atoms. The number of hydrogen-bond acceptors (Lipinski definition) is 4. The Hall–Kier alpha value is -2.60. The number of benzene rings is 3. The maximum Gasteiger partial charge on any atom is 0.309 e. The largest absolute Gasteiger partial charge is 0.457 e. The molecule has 0 unspecified atom stereocenters. The van der Waals surface area contributed by atoms with Crippen molar-refractivity contribution in [2.24, 2.45) is 0 Å². The van der Waals surface area contributed by atoms with Gasteiger partial charge in [0.2, 0.25) is 0 Å². The van der Waals surface area contributed by atoms with Crippen LogP contribution in [0, 0.1) is 0 Å². The van der Waals surface area contributed by atoms with Crippen LogP contribution in [0.3, 0.4) is 0 Å². The van der Waals surface area contributed by atoms with E-state index in [-0.39, 0.29) is 24.3 Å². The Bertz CT molecular complexity index is 981. The zero-order valence-electron chi connectivity index (χ0n) is 14.1. The number of fused-ring (bicyclic) bond motifs is 1. The predicted octanol–water partition coefficient (Wildman–Crippen LogP) is 5.09. The van der Waals surface area contributed by atoms with Crippen molar-refractivity contribution < 1.29 is 21.7 Å². The molecule has 0 atom stereocenters. The van der Waals surface area contributed by atoms with Crippen LogP contribution < -0.4 is 8.92 Å². The van der Waals surface area contributed by atoms with Crippen LogP contribution in [-0.2, 0) is 10.1 Å². The summed E-state index contributed by atoms with van der Waals surface area (Å²) in [6.07, 6.45) is 0.428. The number of hydrogen-bond donors (Lipinski definition) is 0. The van der Waals surface area contributed by atoms with Gasteiger partial charge in [0, 0.05) is 11.5 Å². The predicted molar refractivity (Wildman–Crippen MR) is 100 cm³/mol. The van der Waals surface area contributed by atoms with Crippen LogP contribution >= 0.6 is 0 Å². The molecule has 3 rings (SSSR count). The van der Waals surface area contributed by atoms with Gasteiger partial charge in [-0.2, -0.15) is 8.42 Å². The van der Waals surface area contributed by atoms with E-state index in [9.17, 15) is 12.8 Å². The lowest BCUT2D eigenvalue weighted by Gasteiger charge is -2.11. The standard InChI is InChI=1S/C20H19FO4S/c21-13-3-4-14-26(22,23)25-18-10-6-9-17(15-18)24-20-12-5-8-16-7-1-2-11-19(16)20/h1-2,5-12,15H,3-4,13-14H2. The van der Waals surface area contributed by atoms with Crippen LogP contribution in [-0.4, -0.2) is 20.8 Å². The van der Waals surface area contributed by atoms with E-state index in [1.54, 1.807) is 18.2 Å². The smallest absolute Gasteiger partial charge is 0.309 e. The molecule has 0 aliphatic rings. The SMILES string of the molecule is O=S(=O)(CCCCF)Oc1cccc(Oc2cccc3ccccc23)c1. The van der Waals surface area contributed by atoms with Crippen molar-refractivity contribution in [3.8, 4) is 17.2 Å². The van der Waals surface area contributed by atoms with E-state index in [0.29, 0.717) is 11.5 Å². The Morgan fingerprint density at radius 2 is 1.58 bits per heavy atom. The van der Waals surface area contributed by atoms with E-state index in [0.717, 1.165) is 10.8 Å². The Kier molecular flexibility index (Phi) is 5.73. The Balaban J connectivity index is 1.77. The summed E-state index contributed by atoms with van der Waals surface area (Å²) in [5, 5.41) is 2.01. The van der Waals surface area contributed by atoms with Crippen molar-refractivity contribution in [1.29, 1.82) is 0 Å². The molecule has 0 bridgehead atoms. The van der Waals surface area contributed by atoms with Crippen molar-refractivity contribution >= 4 is 20.9 Å². The van der Waals surface area contributed by atoms with E-state index in [1.165, 1.54) is 6.07 Å². The highest BCUT2D eigenvalue weighted by Gasteiger charge is 2.13. The molecule has 0 heterocycles. The Morgan fingerprint density at radius 3 is 2.42 bits per heavy atom. The van der Waals surface area contributed by atoms with Crippen molar-refractivity contribution in [2.45, 2.75) is 12.8 Å². The number of alkyl halides is 1. The van der Waals surface area contributed by atoms with Gasteiger partial charge < -0.3 is 8.92 Å². The number of unbranched alkanes of at least 4 members (excludes halogenated alkanes) is 1. The second-order valence-electron chi connectivity index (χ2n) is 5.80. The third-order valence-electron chi connectivity index (χ3n) is 3.78. The van der Waals surface area contributed by atoms with Gasteiger partial charge in [-0.05, 0) is 36.4 Å². The van der Waals surface area contributed by atoms with Gasteiger partial charge in [0.15, 0.2) is 0 Å². The van der Waals surface area contributed by atoms with Crippen LogP contribution in [0.25, 0.3) is 10.8 Å². The molecule has 136 valence electrons. The van der Waals surface area contributed by atoms with Crippen LogP contribution in [0.1, 0.15) is 12.8 Å². The first-order valence-electron chi connectivity index (χ1n) is 8.31. The van der Waals surface area contributed by atoms with Crippen molar-refractivity contribution in [3.05, 3.63) is 66.7 Å². The molecular weight excluding hydrogens is 355 g/mol. The first kappa shape index (κ1) is 18.2. The van der Waals surface area contributed by atoms with Crippen molar-refractivity contribution in [2.75, 3.05) is 12.4 Å². The molecule has 0 spiro atoms. The number of halogens is 1. The molecule has 4 nitrogen and oxygen atoms in total. The second kappa shape index (κ2) is 8.19. The lowest BCUT2D eigenvalue weighted by Crippen LogP contribution is -2.14. The monoisotopic (exact) mass is 374 g/mol. The highest BCUT2D eigenvalue weighted by molar-refractivity contribution is 7.87. The molecule has 0 N–H and O–H groups in total. The van der Waals surface area contributed by atoms with Gasteiger partial charge in [-0.25, -0.2) is 0 Å². The number of rotatable bonds is 8. The Labute approximate surface area is 152 Å². The van der Waals surface area contributed by atoms with Gasteiger partial charge in [-0.15, -0.1) is 0 Å². The van der Waals surface area contributed by atoms with Gasteiger partial charge in [-0.1, -0.05) is 42.5 Å². The molecular formula is C20H19FO4S. The van der Waals surface area contributed by atoms with E-state index in [2.05, 4.69) is 0 Å². The summed E-state index contributed by atoms with van der Waals surface area (Å²) in [5.74, 6) is 1.09. The average Bonchev–Trinajstić information content (AvgIpc) is 2.62. The minimum absolute atomic E-state index is 0.169. The van der Waals surface area contributed by atoms with Gasteiger partial charge in [0.1, 0.15) is 17.2 Å². The van der Waals surface area contributed by atoms with Gasteiger partial charge in [0.25, 0.3) is 0 Å². The summed E-state index contributed by atoms with van der Waals surface area (Å²) < 4.78 is 47.0. The molecule has 0 saturated carbocycles. The fourth-order valence-corrected chi connectivity index (χ4v) is 3.60. The zero-order valence-corrected chi connectivity index (χ0v) is 14.9. The molecule has 0 amide bonds. The van der Waals surface area contributed by atoms with E-state index < -0.39 is 16.8 Å². The summed E-state index contributed by atoms with van der Waals surface area (Å²) in [4.78, 5) is 0. The third kappa shape index (κ3) is 4.73. The second-order valence-corrected chi connectivity index (χ2v) is 7.49. The lowest BCUT2D eigenvalue weighted by molar-refractivity contribution is 0.455. The summed E-state index contributed by atoms with van der Waals surface area (Å²) >= 11 is 0. The van der Waals surface area contributed by atoms with E-state index >= 15 is 0 Å². The topological polar surface area (TPSA) is 52.6 Å². The highest BCUT2D eigenvalue weighted by Crippen LogP contribution is 2.31. The van der Waals surface area contributed by atoms with Gasteiger partial charge in [0.05, 0.1) is 12.4 Å².